The summed E-state index contributed by atoms with van der Waals surface area (Å²) in [5.74, 6) is 0.195. The first-order valence-corrected chi connectivity index (χ1v) is 5.77. The van der Waals surface area contributed by atoms with Crippen LogP contribution in [0.2, 0.25) is 0 Å². The lowest BCUT2D eigenvalue weighted by atomic mass is 10.2. The van der Waals surface area contributed by atoms with Crippen molar-refractivity contribution in [1.29, 1.82) is 0 Å². The van der Waals surface area contributed by atoms with Crippen LogP contribution < -0.4 is 4.74 Å². The third kappa shape index (κ3) is 3.01. The summed E-state index contributed by atoms with van der Waals surface area (Å²) in [6, 6.07) is 9.74. The van der Waals surface area contributed by atoms with Crippen molar-refractivity contribution < 1.29 is 9.84 Å². The first-order chi connectivity index (χ1) is 8.29. The van der Waals surface area contributed by atoms with E-state index in [0.717, 1.165) is 16.9 Å². The van der Waals surface area contributed by atoms with E-state index in [0.29, 0.717) is 11.8 Å². The van der Waals surface area contributed by atoms with E-state index >= 15 is 0 Å². The molecule has 0 aliphatic heterocycles. The standard InChI is InChI=1S/C11H11N3O2S/c1-12-14-9-10(15)17-11(13-9)16-7-8-5-3-2-4-6-8/h2-6,15H,7H2,1H3. The number of hydrogen-bond acceptors (Lipinski definition) is 6. The third-order valence-corrected chi connectivity index (χ3v) is 2.73. The van der Waals surface area contributed by atoms with Crippen molar-refractivity contribution in [3.63, 3.8) is 0 Å². The van der Waals surface area contributed by atoms with Crippen LogP contribution in [-0.4, -0.2) is 17.1 Å². The van der Waals surface area contributed by atoms with Gasteiger partial charge in [0, 0.05) is 7.05 Å². The average Bonchev–Trinajstić information content (AvgIpc) is 2.70. The van der Waals surface area contributed by atoms with Gasteiger partial charge in [0.2, 0.25) is 10.9 Å². The summed E-state index contributed by atoms with van der Waals surface area (Å²) in [6.07, 6.45) is 0. The molecule has 2 rings (SSSR count). The molecule has 0 fully saturated rings. The summed E-state index contributed by atoms with van der Waals surface area (Å²) in [7, 11) is 1.52. The van der Waals surface area contributed by atoms with Crippen LogP contribution in [0.25, 0.3) is 0 Å². The smallest absolute Gasteiger partial charge is 0.279 e. The summed E-state index contributed by atoms with van der Waals surface area (Å²) in [4.78, 5) is 4.00. The Hall–Kier alpha value is -1.95. The predicted octanol–water partition coefficient (Wildman–Crippen LogP) is 3.14. The number of thiazole rings is 1. The second-order valence-corrected chi connectivity index (χ2v) is 4.12. The third-order valence-electron chi connectivity index (χ3n) is 1.97. The molecule has 88 valence electrons. The minimum atomic E-state index is 0.0126. The van der Waals surface area contributed by atoms with Gasteiger partial charge in [-0.2, -0.15) is 10.1 Å². The van der Waals surface area contributed by atoms with E-state index in [1.54, 1.807) is 0 Å². The van der Waals surface area contributed by atoms with Crippen LogP contribution in [0.3, 0.4) is 0 Å². The number of benzene rings is 1. The molecule has 2 aromatic rings. The molecule has 1 heterocycles. The molecule has 5 nitrogen and oxygen atoms in total. The largest absolute Gasteiger partial charge is 0.497 e. The van der Waals surface area contributed by atoms with Crippen molar-refractivity contribution in [3.05, 3.63) is 35.9 Å². The lowest BCUT2D eigenvalue weighted by Gasteiger charge is -2.00. The molecule has 0 amide bonds. The first kappa shape index (κ1) is 11.5. The molecule has 0 atom stereocenters. The van der Waals surface area contributed by atoms with E-state index in [2.05, 4.69) is 15.2 Å². The summed E-state index contributed by atoms with van der Waals surface area (Å²) >= 11 is 1.04. The zero-order valence-electron chi connectivity index (χ0n) is 9.20. The van der Waals surface area contributed by atoms with Gasteiger partial charge in [0.25, 0.3) is 5.19 Å². The fourth-order valence-electron chi connectivity index (χ4n) is 1.23. The fourth-order valence-corrected chi connectivity index (χ4v) is 1.82. The minimum Gasteiger partial charge on any atom is -0.497 e. The van der Waals surface area contributed by atoms with Crippen LogP contribution in [0.5, 0.6) is 10.3 Å². The Balaban J connectivity index is 2.02. The summed E-state index contributed by atoms with van der Waals surface area (Å²) < 4.78 is 5.45. The van der Waals surface area contributed by atoms with Crippen molar-refractivity contribution in [3.8, 4) is 10.3 Å². The van der Waals surface area contributed by atoms with E-state index in [4.69, 9.17) is 4.74 Å². The number of ether oxygens (including phenoxy) is 1. The van der Waals surface area contributed by atoms with Crippen molar-refractivity contribution in [2.45, 2.75) is 6.61 Å². The van der Waals surface area contributed by atoms with Gasteiger partial charge in [-0.15, -0.1) is 5.11 Å². The molecule has 0 aliphatic rings. The lowest BCUT2D eigenvalue weighted by molar-refractivity contribution is 0.305. The Morgan fingerprint density at radius 3 is 2.82 bits per heavy atom. The zero-order valence-corrected chi connectivity index (χ0v) is 10.0. The maximum atomic E-state index is 9.48. The Kier molecular flexibility index (Phi) is 3.66. The molecular weight excluding hydrogens is 238 g/mol. The molecule has 6 heteroatoms. The highest BCUT2D eigenvalue weighted by atomic mass is 32.1. The van der Waals surface area contributed by atoms with Crippen molar-refractivity contribution in [2.24, 2.45) is 10.2 Å². The van der Waals surface area contributed by atoms with Gasteiger partial charge < -0.3 is 9.84 Å². The molecule has 17 heavy (non-hydrogen) atoms. The van der Waals surface area contributed by atoms with Gasteiger partial charge in [-0.25, -0.2) is 0 Å². The molecule has 0 bridgehead atoms. The van der Waals surface area contributed by atoms with Gasteiger partial charge >= 0.3 is 0 Å². The first-order valence-electron chi connectivity index (χ1n) is 4.96. The topological polar surface area (TPSA) is 67.1 Å². The summed E-state index contributed by atoms with van der Waals surface area (Å²) in [5, 5.41) is 17.1. The zero-order chi connectivity index (χ0) is 12.1. The Bertz CT molecular complexity index is 511. The van der Waals surface area contributed by atoms with Crippen LogP contribution in [0, 0.1) is 0 Å². The molecule has 0 radical (unpaired) electrons. The number of aromatic nitrogens is 1. The highest BCUT2D eigenvalue weighted by Gasteiger charge is 2.10. The Morgan fingerprint density at radius 1 is 1.35 bits per heavy atom. The number of hydrogen-bond donors (Lipinski definition) is 1. The van der Waals surface area contributed by atoms with Crippen LogP contribution in [0.15, 0.2) is 40.6 Å². The molecule has 0 aliphatic carbocycles. The normalized spacial score (nSPS) is 10.9. The van der Waals surface area contributed by atoms with E-state index in [9.17, 15) is 5.11 Å². The maximum absolute atomic E-state index is 9.48. The fraction of sp³-hybridized carbons (Fsp3) is 0.182. The molecule has 0 spiro atoms. The highest BCUT2D eigenvalue weighted by molar-refractivity contribution is 7.15. The molecule has 1 aromatic carbocycles. The Morgan fingerprint density at radius 2 is 2.12 bits per heavy atom. The molecule has 0 saturated heterocycles. The van der Waals surface area contributed by atoms with Gasteiger partial charge in [-0.1, -0.05) is 30.3 Å². The molecular formula is C11H11N3O2S. The van der Waals surface area contributed by atoms with E-state index in [-0.39, 0.29) is 10.9 Å². The van der Waals surface area contributed by atoms with Crippen molar-refractivity contribution in [2.75, 3.05) is 7.05 Å². The molecule has 1 N–H and O–H groups in total. The molecule has 1 aromatic heterocycles. The minimum absolute atomic E-state index is 0.0126. The second-order valence-electron chi connectivity index (χ2n) is 3.18. The van der Waals surface area contributed by atoms with Crippen molar-refractivity contribution in [1.82, 2.24) is 4.98 Å². The van der Waals surface area contributed by atoms with Crippen LogP contribution >= 0.6 is 11.3 Å². The Labute approximate surface area is 102 Å². The molecule has 0 saturated carbocycles. The van der Waals surface area contributed by atoms with Crippen LogP contribution in [-0.2, 0) is 6.61 Å². The van der Waals surface area contributed by atoms with E-state index < -0.39 is 0 Å². The highest BCUT2D eigenvalue weighted by Crippen LogP contribution is 2.37. The maximum Gasteiger partial charge on any atom is 0.279 e. The quantitative estimate of drug-likeness (QED) is 0.846. The van der Waals surface area contributed by atoms with Gasteiger partial charge in [0.1, 0.15) is 6.61 Å². The monoisotopic (exact) mass is 249 g/mol. The SMILES string of the molecule is CN=Nc1nc(OCc2ccccc2)sc1O. The lowest BCUT2D eigenvalue weighted by Crippen LogP contribution is -1.93. The second kappa shape index (κ2) is 5.40. The number of rotatable bonds is 4. The summed E-state index contributed by atoms with van der Waals surface area (Å²) in [6.45, 7) is 0.413. The predicted molar refractivity (Wildman–Crippen MR) is 65.0 cm³/mol. The number of azo groups is 1. The van der Waals surface area contributed by atoms with E-state index in [1.165, 1.54) is 7.05 Å². The van der Waals surface area contributed by atoms with Gasteiger partial charge in [0.15, 0.2) is 0 Å². The number of nitrogens with zero attached hydrogens (tertiary/aromatic N) is 3. The summed E-state index contributed by atoms with van der Waals surface area (Å²) in [5.41, 5.74) is 1.04. The van der Waals surface area contributed by atoms with Gasteiger partial charge in [-0.05, 0) is 16.9 Å². The van der Waals surface area contributed by atoms with Gasteiger partial charge in [0.05, 0.1) is 0 Å². The van der Waals surface area contributed by atoms with Crippen LogP contribution in [0.4, 0.5) is 5.82 Å². The average molecular weight is 249 g/mol. The van der Waals surface area contributed by atoms with Crippen molar-refractivity contribution >= 4 is 17.2 Å². The number of aromatic hydroxyl groups is 1. The van der Waals surface area contributed by atoms with Crippen LogP contribution in [0.1, 0.15) is 5.56 Å². The van der Waals surface area contributed by atoms with E-state index in [1.807, 2.05) is 30.3 Å². The molecule has 0 unspecified atom stereocenters. The van der Waals surface area contributed by atoms with Gasteiger partial charge in [-0.3, -0.25) is 0 Å².